The van der Waals surface area contributed by atoms with Gasteiger partial charge in [-0.25, -0.2) is 9.97 Å². The molecule has 2 aromatic heterocycles. The molecule has 1 amide bonds. The summed E-state index contributed by atoms with van der Waals surface area (Å²) < 4.78 is 0. The molecule has 1 saturated heterocycles. The Hall–Kier alpha value is -3.11. The minimum absolute atomic E-state index is 0.112. The molecule has 35 heavy (non-hydrogen) atoms. The number of carbonyl (C=O) groups is 1. The molecule has 0 radical (unpaired) electrons. The van der Waals surface area contributed by atoms with Gasteiger partial charge in [-0.15, -0.1) is 0 Å². The SMILES string of the molecule is CCCC1CCNC[C@@H]1Nc1cc(Nc2ccn[nH]2)nc(Sc2ccc(NC(=O)C3CC3)cc2)n1. The van der Waals surface area contributed by atoms with Gasteiger partial charge in [0.2, 0.25) is 5.91 Å². The Morgan fingerprint density at radius 2 is 1.94 bits per heavy atom. The van der Waals surface area contributed by atoms with Gasteiger partial charge < -0.3 is 21.3 Å². The van der Waals surface area contributed by atoms with Gasteiger partial charge in [-0.05, 0) is 74.2 Å². The Kier molecular flexibility index (Phi) is 7.48. The first kappa shape index (κ1) is 23.6. The predicted molar refractivity (Wildman–Crippen MR) is 139 cm³/mol. The van der Waals surface area contributed by atoms with Crippen LogP contribution in [0.15, 0.2) is 52.6 Å². The number of carbonyl (C=O) groups excluding carboxylic acids is 1. The van der Waals surface area contributed by atoms with Crippen molar-refractivity contribution >= 4 is 40.8 Å². The normalized spacial score (nSPS) is 19.8. The second-order valence-corrected chi connectivity index (χ2v) is 10.2. The summed E-state index contributed by atoms with van der Waals surface area (Å²) in [7, 11) is 0. The molecule has 0 spiro atoms. The lowest BCUT2D eigenvalue weighted by Gasteiger charge is -2.33. The summed E-state index contributed by atoms with van der Waals surface area (Å²) >= 11 is 1.49. The molecule has 1 aliphatic carbocycles. The Bertz CT molecular complexity index is 1120. The molecule has 3 heterocycles. The number of piperidine rings is 1. The molecule has 184 valence electrons. The van der Waals surface area contributed by atoms with Gasteiger partial charge in [-0.2, -0.15) is 5.10 Å². The van der Waals surface area contributed by atoms with E-state index in [0.29, 0.717) is 22.9 Å². The third-order valence-corrected chi connectivity index (χ3v) is 7.24. The molecule has 1 aromatic carbocycles. The summed E-state index contributed by atoms with van der Waals surface area (Å²) in [6.07, 6.45) is 7.23. The first-order valence-corrected chi connectivity index (χ1v) is 13.2. The van der Waals surface area contributed by atoms with E-state index in [4.69, 9.17) is 9.97 Å². The lowest BCUT2D eigenvalue weighted by Crippen LogP contribution is -2.45. The molecule has 2 atom stereocenters. The molecule has 10 heteroatoms. The van der Waals surface area contributed by atoms with Gasteiger partial charge in [0.25, 0.3) is 0 Å². The molecule has 0 bridgehead atoms. The standard InChI is InChI=1S/C25H32N8OS/c1-2-3-16-10-12-26-15-20(16)29-22-14-23(30-21-11-13-27-33-21)32-25(31-22)35-19-8-6-18(7-9-19)28-24(34)17-4-5-17/h6-9,11,13-14,16-17,20,26H,2-5,10,12,15H2,1H3,(H,28,34)(H3,27,29,30,31,32,33)/t16?,20-/m0/s1. The predicted octanol–water partition coefficient (Wildman–Crippen LogP) is 4.63. The van der Waals surface area contributed by atoms with E-state index in [1.165, 1.54) is 31.0 Å². The van der Waals surface area contributed by atoms with Gasteiger partial charge in [-0.1, -0.05) is 13.3 Å². The molecule has 3 aromatic rings. The van der Waals surface area contributed by atoms with Crippen LogP contribution in [0.25, 0.3) is 0 Å². The van der Waals surface area contributed by atoms with E-state index in [1.54, 1.807) is 6.20 Å². The van der Waals surface area contributed by atoms with Crippen LogP contribution in [0.2, 0.25) is 0 Å². The summed E-state index contributed by atoms with van der Waals surface area (Å²) in [4.78, 5) is 22.6. The van der Waals surface area contributed by atoms with Crippen LogP contribution >= 0.6 is 11.8 Å². The fraction of sp³-hybridized carbons (Fsp3) is 0.440. The van der Waals surface area contributed by atoms with Crippen molar-refractivity contribution in [2.75, 3.05) is 29.0 Å². The lowest BCUT2D eigenvalue weighted by molar-refractivity contribution is -0.117. The molecule has 1 unspecified atom stereocenters. The van der Waals surface area contributed by atoms with Crippen molar-refractivity contribution in [1.29, 1.82) is 0 Å². The highest BCUT2D eigenvalue weighted by atomic mass is 32.2. The number of H-pyrrole nitrogens is 1. The smallest absolute Gasteiger partial charge is 0.227 e. The van der Waals surface area contributed by atoms with Crippen molar-refractivity contribution in [3.63, 3.8) is 0 Å². The van der Waals surface area contributed by atoms with E-state index in [9.17, 15) is 4.79 Å². The molecule has 1 aliphatic heterocycles. The zero-order chi connectivity index (χ0) is 24.0. The molecule has 5 N–H and O–H groups in total. The van der Waals surface area contributed by atoms with Gasteiger partial charge in [0, 0.05) is 41.2 Å². The molecule has 2 fully saturated rings. The molecular formula is C25H32N8OS. The number of hydrogen-bond donors (Lipinski definition) is 5. The number of aromatic nitrogens is 4. The summed E-state index contributed by atoms with van der Waals surface area (Å²) in [5.41, 5.74) is 0.816. The summed E-state index contributed by atoms with van der Waals surface area (Å²) in [6.45, 7) is 4.24. The Balaban J connectivity index is 1.33. The number of nitrogens with zero attached hydrogens (tertiary/aromatic N) is 3. The van der Waals surface area contributed by atoms with Crippen LogP contribution in [-0.2, 0) is 4.79 Å². The molecule has 9 nitrogen and oxygen atoms in total. The van der Waals surface area contributed by atoms with Crippen LogP contribution in [0.1, 0.15) is 39.0 Å². The van der Waals surface area contributed by atoms with Crippen LogP contribution in [0.4, 0.5) is 23.1 Å². The topological polar surface area (TPSA) is 120 Å². The first-order chi connectivity index (χ1) is 17.2. The highest BCUT2D eigenvalue weighted by molar-refractivity contribution is 7.99. The van der Waals surface area contributed by atoms with Crippen molar-refractivity contribution in [3.05, 3.63) is 42.6 Å². The average Bonchev–Trinajstić information content (AvgIpc) is 3.59. The molecule has 1 saturated carbocycles. The molecule has 5 rings (SSSR count). The number of aromatic amines is 1. The monoisotopic (exact) mass is 492 g/mol. The fourth-order valence-electron chi connectivity index (χ4n) is 4.36. The summed E-state index contributed by atoms with van der Waals surface area (Å²) in [5, 5.41) is 21.0. The highest BCUT2D eigenvalue weighted by Crippen LogP contribution is 2.32. The Morgan fingerprint density at radius 3 is 2.69 bits per heavy atom. The number of rotatable bonds is 10. The minimum Gasteiger partial charge on any atom is -0.366 e. The molecule has 2 aliphatic rings. The van der Waals surface area contributed by atoms with E-state index < -0.39 is 0 Å². The van der Waals surface area contributed by atoms with E-state index in [2.05, 4.69) is 38.4 Å². The number of amides is 1. The maximum absolute atomic E-state index is 12.0. The zero-order valence-corrected chi connectivity index (χ0v) is 20.7. The molecular weight excluding hydrogens is 460 g/mol. The Morgan fingerprint density at radius 1 is 1.11 bits per heavy atom. The first-order valence-electron chi connectivity index (χ1n) is 12.4. The van der Waals surface area contributed by atoms with Crippen LogP contribution in [0.3, 0.4) is 0 Å². The van der Waals surface area contributed by atoms with Crippen molar-refractivity contribution in [2.24, 2.45) is 11.8 Å². The number of anilines is 4. The summed E-state index contributed by atoms with van der Waals surface area (Å²) in [5.74, 6) is 3.18. The van der Waals surface area contributed by atoms with Crippen molar-refractivity contribution in [2.45, 2.75) is 55.1 Å². The van der Waals surface area contributed by atoms with Crippen molar-refractivity contribution in [3.8, 4) is 0 Å². The van der Waals surface area contributed by atoms with Gasteiger partial charge in [-0.3, -0.25) is 9.89 Å². The van der Waals surface area contributed by atoms with E-state index in [-0.39, 0.29) is 11.8 Å². The number of benzene rings is 1. The second kappa shape index (κ2) is 11.1. The van der Waals surface area contributed by atoms with Crippen LogP contribution in [0.5, 0.6) is 0 Å². The fourth-order valence-corrected chi connectivity index (χ4v) is 5.13. The zero-order valence-electron chi connectivity index (χ0n) is 19.9. The van der Waals surface area contributed by atoms with Gasteiger partial charge in [0.1, 0.15) is 17.5 Å². The number of nitrogens with one attached hydrogen (secondary N) is 5. The summed E-state index contributed by atoms with van der Waals surface area (Å²) in [6, 6.07) is 12.0. The van der Waals surface area contributed by atoms with Crippen molar-refractivity contribution in [1.82, 2.24) is 25.5 Å². The third-order valence-electron chi connectivity index (χ3n) is 6.37. The highest BCUT2D eigenvalue weighted by Gasteiger charge is 2.29. The van der Waals surface area contributed by atoms with E-state index in [0.717, 1.165) is 48.1 Å². The quantitative estimate of drug-likeness (QED) is 0.260. The van der Waals surface area contributed by atoms with Crippen LogP contribution in [0, 0.1) is 11.8 Å². The maximum Gasteiger partial charge on any atom is 0.227 e. The number of hydrogen-bond acceptors (Lipinski definition) is 8. The lowest BCUT2D eigenvalue weighted by atomic mass is 9.89. The van der Waals surface area contributed by atoms with E-state index in [1.807, 2.05) is 36.4 Å². The Labute approximate surface area is 209 Å². The maximum atomic E-state index is 12.0. The van der Waals surface area contributed by atoms with Crippen LogP contribution in [-0.4, -0.2) is 45.2 Å². The van der Waals surface area contributed by atoms with Gasteiger partial charge >= 0.3 is 0 Å². The van der Waals surface area contributed by atoms with Crippen molar-refractivity contribution < 1.29 is 4.79 Å². The van der Waals surface area contributed by atoms with Crippen LogP contribution < -0.4 is 21.3 Å². The average molecular weight is 493 g/mol. The van der Waals surface area contributed by atoms with Gasteiger partial charge in [0.15, 0.2) is 5.16 Å². The third kappa shape index (κ3) is 6.52. The van der Waals surface area contributed by atoms with Gasteiger partial charge in [0.05, 0.1) is 6.20 Å². The van der Waals surface area contributed by atoms with E-state index >= 15 is 0 Å². The minimum atomic E-state index is 0.112. The largest absolute Gasteiger partial charge is 0.366 e. The second-order valence-electron chi connectivity index (χ2n) is 9.20.